The Balaban J connectivity index is 1.95. The number of imidazole rings is 1. The Bertz CT molecular complexity index is 812. The van der Waals surface area contributed by atoms with Crippen molar-refractivity contribution in [2.24, 2.45) is 0 Å². The Morgan fingerprint density at radius 2 is 2.09 bits per heavy atom. The quantitative estimate of drug-likeness (QED) is 0.679. The van der Waals surface area contributed by atoms with Gasteiger partial charge in [-0.05, 0) is 37.1 Å². The second kappa shape index (κ2) is 6.64. The van der Waals surface area contributed by atoms with Crippen molar-refractivity contribution in [1.29, 1.82) is 0 Å². The molecule has 0 spiro atoms. The molecule has 0 amide bonds. The molecule has 0 atom stereocenters. The molecule has 0 unspecified atom stereocenters. The molecule has 3 aromatic rings. The summed E-state index contributed by atoms with van der Waals surface area (Å²) in [5, 5.41) is 8.49. The summed E-state index contributed by atoms with van der Waals surface area (Å²) < 4.78 is 15.3. The fraction of sp³-hybridized carbons (Fsp3) is 0.294. The lowest BCUT2D eigenvalue weighted by Crippen LogP contribution is -2.09. The van der Waals surface area contributed by atoms with E-state index in [0.717, 1.165) is 24.2 Å². The molecule has 0 aliphatic rings. The predicted octanol–water partition coefficient (Wildman–Crippen LogP) is 3.18. The Hall–Kier alpha value is -2.63. The Morgan fingerprint density at radius 3 is 2.87 bits per heavy atom. The van der Waals surface area contributed by atoms with Crippen LogP contribution in [0.1, 0.15) is 30.3 Å². The van der Waals surface area contributed by atoms with Crippen LogP contribution >= 0.6 is 0 Å². The number of nitrogens with zero attached hydrogens (tertiary/aromatic N) is 5. The van der Waals surface area contributed by atoms with Gasteiger partial charge in [-0.1, -0.05) is 19.4 Å². The number of rotatable bonds is 5. The van der Waals surface area contributed by atoms with Crippen LogP contribution in [0.15, 0.2) is 36.7 Å². The molecule has 0 aliphatic heterocycles. The first-order valence-corrected chi connectivity index (χ1v) is 7.63. The van der Waals surface area contributed by atoms with Crippen molar-refractivity contribution in [1.82, 2.24) is 24.7 Å². The monoisotopic (exact) mass is 311 g/mol. The molecule has 5 nitrogen and oxygen atoms in total. The van der Waals surface area contributed by atoms with E-state index in [-0.39, 0.29) is 0 Å². The number of hydrogen-bond donors (Lipinski definition) is 0. The van der Waals surface area contributed by atoms with Crippen LogP contribution in [0.2, 0.25) is 0 Å². The van der Waals surface area contributed by atoms with Gasteiger partial charge < -0.3 is 4.57 Å². The number of halogens is 1. The van der Waals surface area contributed by atoms with Gasteiger partial charge in [-0.3, -0.25) is 0 Å². The summed E-state index contributed by atoms with van der Waals surface area (Å²) in [6, 6.07) is 6.77. The highest BCUT2D eigenvalue weighted by Gasteiger charge is 2.12. The number of aromatic nitrogens is 5. The van der Waals surface area contributed by atoms with Crippen molar-refractivity contribution in [3.05, 3.63) is 59.6 Å². The van der Waals surface area contributed by atoms with Crippen LogP contribution in [0.4, 0.5) is 4.39 Å². The fourth-order valence-electron chi connectivity index (χ4n) is 2.55. The van der Waals surface area contributed by atoms with Crippen LogP contribution in [0.25, 0.3) is 11.5 Å². The van der Waals surface area contributed by atoms with Crippen molar-refractivity contribution >= 4 is 0 Å². The summed E-state index contributed by atoms with van der Waals surface area (Å²) in [6.45, 7) is 4.62. The van der Waals surface area contributed by atoms with E-state index in [1.54, 1.807) is 18.3 Å². The molecule has 3 rings (SSSR count). The zero-order valence-electron chi connectivity index (χ0n) is 13.2. The molecule has 0 N–H and O–H groups in total. The van der Waals surface area contributed by atoms with Gasteiger partial charge in [0.2, 0.25) is 5.95 Å². The second-order valence-corrected chi connectivity index (χ2v) is 5.43. The summed E-state index contributed by atoms with van der Waals surface area (Å²) in [5.41, 5.74) is 3.52. The van der Waals surface area contributed by atoms with Crippen molar-refractivity contribution < 1.29 is 4.39 Å². The van der Waals surface area contributed by atoms with Crippen LogP contribution in [0.5, 0.6) is 0 Å². The molecule has 0 saturated carbocycles. The van der Waals surface area contributed by atoms with Crippen molar-refractivity contribution in [2.45, 2.75) is 33.2 Å². The molecule has 0 aromatic carbocycles. The first kappa shape index (κ1) is 15.3. The number of pyridine rings is 1. The normalized spacial score (nSPS) is 10.9. The molecular formula is C17H18FN5. The lowest BCUT2D eigenvalue weighted by Gasteiger charge is -2.11. The summed E-state index contributed by atoms with van der Waals surface area (Å²) in [6.07, 6.45) is 5.52. The highest BCUT2D eigenvalue weighted by Crippen LogP contribution is 2.18. The maximum absolute atomic E-state index is 13.4. The predicted molar refractivity (Wildman–Crippen MR) is 85.3 cm³/mol. The largest absolute Gasteiger partial charge is 0.324 e. The molecule has 6 heteroatoms. The molecule has 0 aliphatic carbocycles. The fourth-order valence-corrected chi connectivity index (χ4v) is 2.55. The van der Waals surface area contributed by atoms with E-state index in [4.69, 9.17) is 0 Å². The molecule has 23 heavy (non-hydrogen) atoms. The van der Waals surface area contributed by atoms with Gasteiger partial charge in [-0.2, -0.15) is 14.6 Å². The molecular weight excluding hydrogens is 293 g/mol. The first-order chi connectivity index (χ1) is 11.2. The number of aryl methyl sites for hydroxylation is 2. The average Bonchev–Trinajstić information content (AvgIpc) is 2.98. The smallest absolute Gasteiger partial charge is 0.213 e. The Kier molecular flexibility index (Phi) is 4.41. The summed E-state index contributed by atoms with van der Waals surface area (Å²) in [7, 11) is 0. The maximum atomic E-state index is 13.4. The van der Waals surface area contributed by atoms with Crippen molar-refractivity contribution in [3.63, 3.8) is 0 Å². The minimum Gasteiger partial charge on any atom is -0.324 e. The zero-order valence-corrected chi connectivity index (χ0v) is 13.2. The molecule has 3 heterocycles. The third kappa shape index (κ3) is 3.41. The lowest BCUT2D eigenvalue weighted by molar-refractivity contribution is 0.584. The van der Waals surface area contributed by atoms with E-state index in [1.165, 1.54) is 11.6 Å². The molecule has 0 bridgehead atoms. The minimum absolute atomic E-state index is 0.507. The van der Waals surface area contributed by atoms with Gasteiger partial charge in [0.1, 0.15) is 5.69 Å². The Morgan fingerprint density at radius 1 is 1.22 bits per heavy atom. The standard InChI is InChI=1S/C17H18FN5/c1-3-5-13-10-12(2)21-22-15(13)11-23-9-8-19-17(23)14-6-4-7-16(18)20-14/h4,6-10H,3,5,11H2,1-2H3. The van der Waals surface area contributed by atoms with E-state index in [1.807, 2.05) is 17.7 Å². The van der Waals surface area contributed by atoms with Crippen LogP contribution in [-0.2, 0) is 13.0 Å². The lowest BCUT2D eigenvalue weighted by atomic mass is 10.1. The highest BCUT2D eigenvalue weighted by molar-refractivity contribution is 5.49. The summed E-state index contributed by atoms with van der Waals surface area (Å²) in [4.78, 5) is 8.21. The van der Waals surface area contributed by atoms with Gasteiger partial charge in [0, 0.05) is 12.4 Å². The summed E-state index contributed by atoms with van der Waals surface area (Å²) in [5.74, 6) is 0.105. The number of hydrogen-bond acceptors (Lipinski definition) is 4. The maximum Gasteiger partial charge on any atom is 0.213 e. The van der Waals surface area contributed by atoms with Gasteiger partial charge >= 0.3 is 0 Å². The van der Waals surface area contributed by atoms with Crippen LogP contribution in [0.3, 0.4) is 0 Å². The van der Waals surface area contributed by atoms with Gasteiger partial charge in [0.15, 0.2) is 5.82 Å². The highest BCUT2D eigenvalue weighted by atomic mass is 19.1. The molecule has 3 aromatic heterocycles. The van der Waals surface area contributed by atoms with Crippen LogP contribution in [-0.4, -0.2) is 24.7 Å². The first-order valence-electron chi connectivity index (χ1n) is 7.63. The van der Waals surface area contributed by atoms with E-state index < -0.39 is 5.95 Å². The molecule has 0 saturated heterocycles. The van der Waals surface area contributed by atoms with E-state index in [9.17, 15) is 4.39 Å². The van der Waals surface area contributed by atoms with Gasteiger partial charge in [-0.15, -0.1) is 0 Å². The van der Waals surface area contributed by atoms with E-state index >= 15 is 0 Å². The van der Waals surface area contributed by atoms with Crippen molar-refractivity contribution in [3.8, 4) is 11.5 Å². The second-order valence-electron chi connectivity index (χ2n) is 5.43. The minimum atomic E-state index is -0.515. The summed E-state index contributed by atoms with van der Waals surface area (Å²) >= 11 is 0. The third-order valence-corrected chi connectivity index (χ3v) is 3.58. The van der Waals surface area contributed by atoms with Crippen LogP contribution < -0.4 is 0 Å². The van der Waals surface area contributed by atoms with Gasteiger partial charge in [0.25, 0.3) is 0 Å². The van der Waals surface area contributed by atoms with E-state index in [2.05, 4.69) is 33.2 Å². The molecule has 118 valence electrons. The average molecular weight is 311 g/mol. The zero-order chi connectivity index (χ0) is 16.2. The molecule has 0 radical (unpaired) electrons. The SMILES string of the molecule is CCCc1cc(C)nnc1Cn1ccnc1-c1cccc(F)n1. The van der Waals surface area contributed by atoms with E-state index in [0.29, 0.717) is 18.1 Å². The third-order valence-electron chi connectivity index (χ3n) is 3.58. The topological polar surface area (TPSA) is 56.5 Å². The van der Waals surface area contributed by atoms with Crippen molar-refractivity contribution in [2.75, 3.05) is 0 Å². The van der Waals surface area contributed by atoms with Gasteiger partial charge in [-0.25, -0.2) is 9.97 Å². The van der Waals surface area contributed by atoms with Gasteiger partial charge in [0.05, 0.1) is 17.9 Å². The van der Waals surface area contributed by atoms with Crippen LogP contribution in [0, 0.1) is 12.9 Å². The Labute approximate surface area is 134 Å². The molecule has 0 fully saturated rings.